The average Bonchev–Trinajstić information content (AvgIpc) is 3.18. The Morgan fingerprint density at radius 3 is 2.57 bits per heavy atom. The molecule has 0 aliphatic carbocycles. The number of para-hydroxylation sites is 1. The minimum Gasteiger partial charge on any atom is -0.495 e. The third kappa shape index (κ3) is 5.41. The maximum absolute atomic E-state index is 13.0. The second-order valence-corrected chi connectivity index (χ2v) is 9.60. The highest BCUT2D eigenvalue weighted by Crippen LogP contribution is 2.30. The molecule has 10 heteroatoms. The van der Waals surface area contributed by atoms with Crippen molar-refractivity contribution in [1.29, 1.82) is 0 Å². The molecule has 0 saturated carbocycles. The van der Waals surface area contributed by atoms with E-state index in [0.717, 1.165) is 29.8 Å². The maximum atomic E-state index is 13.0. The van der Waals surface area contributed by atoms with Gasteiger partial charge in [0.05, 0.1) is 28.9 Å². The number of likely N-dealkylation sites (tertiary alicyclic amines) is 1. The number of urea groups is 1. The summed E-state index contributed by atoms with van der Waals surface area (Å²) < 4.78 is 7.02. The van der Waals surface area contributed by atoms with E-state index in [2.05, 4.69) is 20.1 Å². The van der Waals surface area contributed by atoms with Crippen LogP contribution in [0.1, 0.15) is 18.9 Å². The molecule has 2 N–H and O–H groups in total. The molecule has 0 atom stereocenters. The average molecular weight is 501 g/mol. The van der Waals surface area contributed by atoms with Crippen molar-refractivity contribution in [1.82, 2.24) is 19.4 Å². The Hall–Kier alpha value is -3.17. The normalized spacial score (nSPS) is 14.5. The van der Waals surface area contributed by atoms with Crippen molar-refractivity contribution in [3.05, 3.63) is 51.9 Å². The molecule has 188 valence electrons. The lowest BCUT2D eigenvalue weighted by molar-refractivity contribution is 0.184. The number of nitrogens with one attached hydrogen (secondary N) is 2. The number of carbonyl (C=O) groups excluding carboxylic acids is 1. The van der Waals surface area contributed by atoms with E-state index in [9.17, 15) is 9.59 Å². The first-order valence-electron chi connectivity index (χ1n) is 11.8. The fraction of sp³-hybridized carbons (Fsp3) is 0.440. The van der Waals surface area contributed by atoms with E-state index in [4.69, 9.17) is 16.3 Å². The summed E-state index contributed by atoms with van der Waals surface area (Å²) in [6, 6.07) is 11.0. The van der Waals surface area contributed by atoms with E-state index in [-0.39, 0.29) is 17.8 Å². The zero-order valence-electron chi connectivity index (χ0n) is 20.7. The summed E-state index contributed by atoms with van der Waals surface area (Å²) in [6.45, 7) is 2.89. The van der Waals surface area contributed by atoms with Crippen molar-refractivity contribution < 1.29 is 9.53 Å². The van der Waals surface area contributed by atoms with Crippen LogP contribution in [-0.2, 0) is 0 Å². The second kappa shape index (κ2) is 10.6. The van der Waals surface area contributed by atoms with Crippen molar-refractivity contribution >= 4 is 40.0 Å². The number of piperidine rings is 1. The number of ether oxygens (including phenoxy) is 1. The number of aromatic nitrogens is 2. The molecular formula is C25H33ClN6O3. The molecular weight excluding hydrogens is 468 g/mol. The number of imidazole rings is 1. The third-order valence-corrected chi connectivity index (χ3v) is 6.84. The number of hydrogen-bond donors (Lipinski definition) is 2. The molecule has 2 aromatic carbocycles. The standard InChI is InChI=1S/C25H33ClN6O3/c1-29(2)14-15-30(3)20-6-5-7-21-23(20)28-25(34)32(21)18-10-12-31(13-11-18)24(33)27-17-8-9-22(35-4)19(26)16-17/h5-9,16,18H,10-15H2,1-4H3,(H,27,33)(H,28,34). The van der Waals surface area contributed by atoms with Crippen molar-refractivity contribution in [2.24, 2.45) is 0 Å². The lowest BCUT2D eigenvalue weighted by atomic mass is 10.0. The molecule has 1 aliphatic heterocycles. The van der Waals surface area contributed by atoms with Gasteiger partial charge in [-0.1, -0.05) is 17.7 Å². The third-order valence-electron chi connectivity index (χ3n) is 6.54. The van der Waals surface area contributed by atoms with Gasteiger partial charge in [0, 0.05) is 45.0 Å². The molecule has 0 radical (unpaired) electrons. The molecule has 9 nitrogen and oxygen atoms in total. The number of rotatable bonds is 7. The van der Waals surface area contributed by atoms with Gasteiger partial charge in [-0.15, -0.1) is 0 Å². The van der Waals surface area contributed by atoms with Gasteiger partial charge in [-0.2, -0.15) is 0 Å². The smallest absolute Gasteiger partial charge is 0.326 e. The molecule has 0 spiro atoms. The van der Waals surface area contributed by atoms with Crippen LogP contribution in [0.4, 0.5) is 16.2 Å². The topological polar surface area (TPSA) is 85.8 Å². The number of fused-ring (bicyclic) bond motifs is 1. The van der Waals surface area contributed by atoms with E-state index in [0.29, 0.717) is 42.4 Å². The minimum absolute atomic E-state index is 0.0260. The summed E-state index contributed by atoms with van der Waals surface area (Å²) in [4.78, 5) is 34.9. The highest BCUT2D eigenvalue weighted by atomic mass is 35.5. The first kappa shape index (κ1) is 24.9. The van der Waals surface area contributed by atoms with Crippen molar-refractivity contribution in [2.75, 3.05) is 64.6 Å². The van der Waals surface area contributed by atoms with E-state index in [1.165, 1.54) is 0 Å². The Morgan fingerprint density at radius 1 is 1.17 bits per heavy atom. The van der Waals surface area contributed by atoms with Crippen LogP contribution >= 0.6 is 11.6 Å². The number of halogens is 1. The molecule has 4 rings (SSSR count). The Bertz CT molecular complexity index is 1250. The molecule has 1 aromatic heterocycles. The van der Waals surface area contributed by atoms with Crippen LogP contribution in [0, 0.1) is 0 Å². The number of benzene rings is 2. The van der Waals surface area contributed by atoms with Crippen LogP contribution in [0.3, 0.4) is 0 Å². The van der Waals surface area contributed by atoms with Crippen LogP contribution in [0.25, 0.3) is 11.0 Å². The number of methoxy groups -OCH3 is 1. The van der Waals surface area contributed by atoms with Gasteiger partial charge in [-0.3, -0.25) is 4.57 Å². The van der Waals surface area contributed by atoms with E-state index < -0.39 is 0 Å². The molecule has 0 bridgehead atoms. The molecule has 1 saturated heterocycles. The quantitative estimate of drug-likeness (QED) is 0.514. The van der Waals surface area contributed by atoms with Crippen molar-refractivity contribution in [3.63, 3.8) is 0 Å². The number of H-pyrrole nitrogens is 1. The fourth-order valence-corrected chi connectivity index (χ4v) is 4.82. The molecule has 1 fully saturated rings. The molecule has 0 unspecified atom stereocenters. The van der Waals surface area contributed by atoms with Crippen LogP contribution in [-0.4, -0.2) is 79.8 Å². The van der Waals surface area contributed by atoms with Gasteiger partial charge >= 0.3 is 11.7 Å². The van der Waals surface area contributed by atoms with Gasteiger partial charge in [-0.25, -0.2) is 9.59 Å². The summed E-state index contributed by atoms with van der Waals surface area (Å²) in [7, 11) is 7.69. The molecule has 2 amide bonds. The summed E-state index contributed by atoms with van der Waals surface area (Å²) >= 11 is 6.17. The van der Waals surface area contributed by atoms with E-state index in [1.54, 1.807) is 30.2 Å². The van der Waals surface area contributed by atoms with Gasteiger partial charge < -0.3 is 29.7 Å². The van der Waals surface area contributed by atoms with Gasteiger partial charge in [-0.05, 0) is 57.3 Å². The largest absolute Gasteiger partial charge is 0.495 e. The highest BCUT2D eigenvalue weighted by molar-refractivity contribution is 6.32. The predicted molar refractivity (Wildman–Crippen MR) is 141 cm³/mol. The summed E-state index contributed by atoms with van der Waals surface area (Å²) in [6.07, 6.45) is 1.40. The monoisotopic (exact) mass is 500 g/mol. The predicted octanol–water partition coefficient (Wildman–Crippen LogP) is 3.86. The van der Waals surface area contributed by atoms with Gasteiger partial charge in [0.2, 0.25) is 0 Å². The Labute approximate surface area is 210 Å². The lowest BCUT2D eigenvalue weighted by Gasteiger charge is -2.32. The van der Waals surface area contributed by atoms with E-state index >= 15 is 0 Å². The number of aromatic amines is 1. The van der Waals surface area contributed by atoms with Gasteiger partial charge in [0.15, 0.2) is 0 Å². The number of nitrogens with zero attached hydrogens (tertiary/aromatic N) is 4. The number of amides is 2. The first-order valence-corrected chi connectivity index (χ1v) is 12.1. The number of hydrogen-bond acceptors (Lipinski definition) is 5. The summed E-state index contributed by atoms with van der Waals surface area (Å²) in [5.74, 6) is 0.557. The Morgan fingerprint density at radius 2 is 1.91 bits per heavy atom. The van der Waals surface area contributed by atoms with Crippen LogP contribution in [0.5, 0.6) is 5.75 Å². The molecule has 35 heavy (non-hydrogen) atoms. The molecule has 1 aliphatic rings. The number of carbonyl (C=O) groups is 1. The number of anilines is 2. The van der Waals surface area contributed by atoms with Crippen LogP contribution in [0.2, 0.25) is 5.02 Å². The Kier molecular flexibility index (Phi) is 7.57. The van der Waals surface area contributed by atoms with Gasteiger partial charge in [0.1, 0.15) is 5.75 Å². The van der Waals surface area contributed by atoms with Gasteiger partial charge in [0.25, 0.3) is 0 Å². The van der Waals surface area contributed by atoms with Crippen molar-refractivity contribution in [3.8, 4) is 5.75 Å². The van der Waals surface area contributed by atoms with Crippen molar-refractivity contribution in [2.45, 2.75) is 18.9 Å². The SMILES string of the molecule is COc1ccc(NC(=O)N2CCC(n3c(=O)[nH]c4c(N(C)CCN(C)C)cccc43)CC2)cc1Cl. The zero-order valence-corrected chi connectivity index (χ0v) is 21.4. The molecule has 2 heterocycles. The Balaban J connectivity index is 1.45. The summed E-state index contributed by atoms with van der Waals surface area (Å²) in [5, 5.41) is 3.34. The molecule has 3 aromatic rings. The fourth-order valence-electron chi connectivity index (χ4n) is 4.56. The minimum atomic E-state index is -0.180. The maximum Gasteiger partial charge on any atom is 0.326 e. The highest BCUT2D eigenvalue weighted by Gasteiger charge is 2.27. The lowest BCUT2D eigenvalue weighted by Crippen LogP contribution is -2.42. The summed E-state index contributed by atoms with van der Waals surface area (Å²) in [5.41, 5.74) is 3.27. The zero-order chi connectivity index (χ0) is 25.1. The first-order chi connectivity index (χ1) is 16.8. The van der Waals surface area contributed by atoms with Crippen LogP contribution in [0.15, 0.2) is 41.2 Å². The number of likely N-dealkylation sites (N-methyl/N-ethyl adjacent to an activating group) is 2. The van der Waals surface area contributed by atoms with Crippen LogP contribution < -0.4 is 20.6 Å². The van der Waals surface area contributed by atoms with E-state index in [1.807, 2.05) is 43.9 Å². The second-order valence-electron chi connectivity index (χ2n) is 9.19.